The van der Waals surface area contributed by atoms with Gasteiger partial charge >= 0.3 is 0 Å². The summed E-state index contributed by atoms with van der Waals surface area (Å²) in [7, 11) is 0. The molecule has 30 heavy (non-hydrogen) atoms. The van der Waals surface area contributed by atoms with Crippen molar-refractivity contribution in [2.75, 3.05) is 0 Å². The van der Waals surface area contributed by atoms with E-state index in [0.29, 0.717) is 6.54 Å². The Morgan fingerprint density at radius 1 is 0.900 bits per heavy atom. The third-order valence-corrected chi connectivity index (χ3v) is 5.63. The van der Waals surface area contributed by atoms with Crippen LogP contribution in [-0.2, 0) is 6.54 Å². The SMILES string of the molecule is Cc1ccc(-c2cn(Cc3ccccn3)c3cc(-c4c(C)noc4C)ccc23)cc1. The molecule has 2 aromatic carbocycles. The Labute approximate surface area is 175 Å². The fourth-order valence-electron chi connectivity index (χ4n) is 4.10. The highest BCUT2D eigenvalue weighted by molar-refractivity contribution is 5.98. The van der Waals surface area contributed by atoms with Gasteiger partial charge in [0, 0.05) is 34.4 Å². The molecule has 0 aliphatic carbocycles. The summed E-state index contributed by atoms with van der Waals surface area (Å²) in [5.74, 6) is 0.841. The average molecular weight is 393 g/mol. The lowest BCUT2D eigenvalue weighted by Crippen LogP contribution is -1.99. The van der Waals surface area contributed by atoms with E-state index >= 15 is 0 Å². The van der Waals surface area contributed by atoms with Crippen molar-refractivity contribution >= 4 is 10.9 Å². The van der Waals surface area contributed by atoms with Crippen LogP contribution in [0.1, 0.15) is 22.7 Å². The summed E-state index contributed by atoms with van der Waals surface area (Å²) in [6.07, 6.45) is 4.08. The summed E-state index contributed by atoms with van der Waals surface area (Å²) >= 11 is 0. The van der Waals surface area contributed by atoms with Gasteiger partial charge in [0.25, 0.3) is 0 Å². The molecule has 0 spiro atoms. The summed E-state index contributed by atoms with van der Waals surface area (Å²) in [6, 6.07) is 21.4. The van der Waals surface area contributed by atoms with Crippen LogP contribution >= 0.6 is 0 Å². The van der Waals surface area contributed by atoms with E-state index in [0.717, 1.165) is 28.3 Å². The van der Waals surface area contributed by atoms with Crippen molar-refractivity contribution in [3.63, 3.8) is 0 Å². The van der Waals surface area contributed by atoms with Crippen LogP contribution in [0, 0.1) is 20.8 Å². The second-order valence-electron chi connectivity index (χ2n) is 7.79. The lowest BCUT2D eigenvalue weighted by Gasteiger charge is -2.07. The van der Waals surface area contributed by atoms with E-state index in [9.17, 15) is 0 Å². The monoisotopic (exact) mass is 393 g/mol. The Hall–Kier alpha value is -3.66. The minimum Gasteiger partial charge on any atom is -0.361 e. The number of benzene rings is 2. The Morgan fingerprint density at radius 3 is 2.40 bits per heavy atom. The van der Waals surface area contributed by atoms with Crippen molar-refractivity contribution < 1.29 is 4.52 Å². The van der Waals surface area contributed by atoms with Crippen molar-refractivity contribution in [2.24, 2.45) is 0 Å². The van der Waals surface area contributed by atoms with Crippen molar-refractivity contribution in [3.05, 3.63) is 95.8 Å². The predicted octanol–water partition coefficient (Wildman–Crippen LogP) is 6.33. The van der Waals surface area contributed by atoms with Crippen LogP contribution in [0.2, 0.25) is 0 Å². The Bertz CT molecular complexity index is 1310. The Kier molecular flexibility index (Phi) is 4.47. The molecule has 0 aliphatic heterocycles. The number of aromatic nitrogens is 3. The molecule has 3 aromatic heterocycles. The minimum atomic E-state index is 0.717. The number of hydrogen-bond acceptors (Lipinski definition) is 3. The van der Waals surface area contributed by atoms with E-state index in [2.05, 4.69) is 76.4 Å². The molecule has 0 atom stereocenters. The third kappa shape index (κ3) is 3.20. The van der Waals surface area contributed by atoms with E-state index in [-0.39, 0.29) is 0 Å². The fraction of sp³-hybridized carbons (Fsp3) is 0.154. The zero-order valence-corrected chi connectivity index (χ0v) is 17.4. The summed E-state index contributed by atoms with van der Waals surface area (Å²) < 4.78 is 7.69. The molecule has 4 nitrogen and oxygen atoms in total. The molecule has 0 aliphatic rings. The zero-order chi connectivity index (χ0) is 20.7. The van der Waals surface area contributed by atoms with Crippen molar-refractivity contribution in [3.8, 4) is 22.3 Å². The number of fused-ring (bicyclic) bond motifs is 1. The smallest absolute Gasteiger partial charge is 0.141 e. The highest BCUT2D eigenvalue weighted by Crippen LogP contribution is 2.35. The van der Waals surface area contributed by atoms with Crippen LogP contribution in [-0.4, -0.2) is 14.7 Å². The second kappa shape index (κ2) is 7.30. The molecule has 0 fully saturated rings. The average Bonchev–Trinajstić information content (AvgIpc) is 3.28. The molecule has 0 saturated heterocycles. The van der Waals surface area contributed by atoms with Gasteiger partial charge in [-0.05, 0) is 50.1 Å². The van der Waals surface area contributed by atoms with Crippen LogP contribution in [0.15, 0.2) is 77.6 Å². The highest BCUT2D eigenvalue weighted by Gasteiger charge is 2.16. The standard InChI is InChI=1S/C26H23N3O/c1-17-7-9-20(10-8-17)24-16-29(15-22-6-4-5-13-27-22)25-14-21(11-12-23(24)25)26-18(2)28-30-19(26)3/h4-14,16H,15H2,1-3H3. The molecule has 0 N–H and O–H groups in total. The van der Waals surface area contributed by atoms with Crippen LogP contribution in [0.25, 0.3) is 33.2 Å². The van der Waals surface area contributed by atoms with Crippen molar-refractivity contribution in [1.82, 2.24) is 14.7 Å². The maximum atomic E-state index is 5.41. The zero-order valence-electron chi connectivity index (χ0n) is 17.4. The van der Waals surface area contributed by atoms with E-state index in [1.807, 2.05) is 32.2 Å². The predicted molar refractivity (Wildman–Crippen MR) is 120 cm³/mol. The number of rotatable bonds is 4. The summed E-state index contributed by atoms with van der Waals surface area (Å²) in [6.45, 7) is 6.78. The van der Waals surface area contributed by atoms with Gasteiger partial charge < -0.3 is 9.09 Å². The van der Waals surface area contributed by atoms with E-state index in [1.54, 1.807) is 0 Å². The molecule has 0 bridgehead atoms. The number of nitrogens with zero attached hydrogens (tertiary/aromatic N) is 3. The van der Waals surface area contributed by atoms with Crippen LogP contribution < -0.4 is 0 Å². The molecule has 0 amide bonds. The number of pyridine rings is 1. The fourth-order valence-corrected chi connectivity index (χ4v) is 4.10. The summed E-state index contributed by atoms with van der Waals surface area (Å²) in [5, 5.41) is 5.36. The van der Waals surface area contributed by atoms with Gasteiger partial charge in [0.2, 0.25) is 0 Å². The number of aryl methyl sites for hydroxylation is 3. The first-order valence-electron chi connectivity index (χ1n) is 10.1. The van der Waals surface area contributed by atoms with Gasteiger partial charge in [-0.25, -0.2) is 0 Å². The van der Waals surface area contributed by atoms with E-state index < -0.39 is 0 Å². The first-order chi connectivity index (χ1) is 14.6. The van der Waals surface area contributed by atoms with E-state index in [4.69, 9.17) is 4.52 Å². The maximum absolute atomic E-state index is 5.41. The third-order valence-electron chi connectivity index (χ3n) is 5.63. The molecule has 5 rings (SSSR count). The minimum absolute atomic E-state index is 0.717. The Balaban J connectivity index is 1.71. The molecule has 0 saturated carbocycles. The van der Waals surface area contributed by atoms with Gasteiger partial charge in [-0.2, -0.15) is 0 Å². The second-order valence-corrected chi connectivity index (χ2v) is 7.79. The molecule has 0 unspecified atom stereocenters. The lowest BCUT2D eigenvalue weighted by molar-refractivity contribution is 0.393. The molecular weight excluding hydrogens is 370 g/mol. The molecular formula is C26H23N3O. The van der Waals surface area contributed by atoms with Gasteiger partial charge in [0.05, 0.1) is 17.9 Å². The van der Waals surface area contributed by atoms with Gasteiger partial charge in [-0.1, -0.05) is 53.2 Å². The molecule has 0 radical (unpaired) electrons. The van der Waals surface area contributed by atoms with Crippen molar-refractivity contribution in [2.45, 2.75) is 27.3 Å². The lowest BCUT2D eigenvalue weighted by atomic mass is 9.99. The Morgan fingerprint density at radius 2 is 1.70 bits per heavy atom. The molecule has 3 heterocycles. The largest absolute Gasteiger partial charge is 0.361 e. The van der Waals surface area contributed by atoms with Gasteiger partial charge in [-0.15, -0.1) is 0 Å². The van der Waals surface area contributed by atoms with Crippen LogP contribution in [0.4, 0.5) is 0 Å². The molecule has 4 heteroatoms. The van der Waals surface area contributed by atoms with Gasteiger partial charge in [-0.3, -0.25) is 4.98 Å². The topological polar surface area (TPSA) is 43.9 Å². The first-order valence-corrected chi connectivity index (χ1v) is 10.1. The summed E-state index contributed by atoms with van der Waals surface area (Å²) in [5.41, 5.74) is 9.02. The number of hydrogen-bond donors (Lipinski definition) is 0. The van der Waals surface area contributed by atoms with Gasteiger partial charge in [0.15, 0.2) is 0 Å². The normalized spacial score (nSPS) is 11.3. The first kappa shape index (κ1) is 18.4. The van der Waals surface area contributed by atoms with Gasteiger partial charge in [0.1, 0.15) is 5.76 Å². The van der Waals surface area contributed by atoms with Crippen molar-refractivity contribution in [1.29, 1.82) is 0 Å². The molecule has 148 valence electrons. The molecule has 5 aromatic rings. The quantitative estimate of drug-likeness (QED) is 0.358. The van der Waals surface area contributed by atoms with E-state index in [1.165, 1.54) is 27.6 Å². The maximum Gasteiger partial charge on any atom is 0.141 e. The van der Waals surface area contributed by atoms with Crippen LogP contribution in [0.3, 0.4) is 0 Å². The highest BCUT2D eigenvalue weighted by atomic mass is 16.5. The summed E-state index contributed by atoms with van der Waals surface area (Å²) in [4.78, 5) is 4.53. The van der Waals surface area contributed by atoms with Crippen LogP contribution in [0.5, 0.6) is 0 Å².